The number of hydrogen-bond acceptors (Lipinski definition) is 0. The van der Waals surface area contributed by atoms with Crippen LogP contribution >= 0.6 is 0 Å². The van der Waals surface area contributed by atoms with Gasteiger partial charge in [-0.1, -0.05) is 91.9 Å². The van der Waals surface area contributed by atoms with E-state index in [-0.39, 0.29) is 0 Å². The normalized spacial score (nSPS) is 23.8. The van der Waals surface area contributed by atoms with Crippen molar-refractivity contribution in [3.63, 3.8) is 0 Å². The van der Waals surface area contributed by atoms with Crippen LogP contribution in [0, 0.1) is 23.7 Å². The van der Waals surface area contributed by atoms with E-state index >= 15 is 0 Å². The first-order valence-corrected chi connectivity index (χ1v) is 9.20. The van der Waals surface area contributed by atoms with E-state index in [1.807, 2.05) is 0 Å². The van der Waals surface area contributed by atoms with Crippen LogP contribution in [0.3, 0.4) is 0 Å². The topological polar surface area (TPSA) is 0 Å². The van der Waals surface area contributed by atoms with E-state index < -0.39 is 0 Å². The summed E-state index contributed by atoms with van der Waals surface area (Å²) in [5, 5.41) is 0. The predicted molar refractivity (Wildman–Crippen MR) is 87.4 cm³/mol. The van der Waals surface area contributed by atoms with Gasteiger partial charge in [0.2, 0.25) is 0 Å². The summed E-state index contributed by atoms with van der Waals surface area (Å²) in [5.74, 6) is 4.11. The van der Waals surface area contributed by atoms with Crippen LogP contribution in [0.15, 0.2) is 0 Å². The van der Waals surface area contributed by atoms with Gasteiger partial charge in [-0.25, -0.2) is 0 Å². The van der Waals surface area contributed by atoms with Crippen LogP contribution in [0.5, 0.6) is 0 Å². The summed E-state index contributed by atoms with van der Waals surface area (Å²) in [6.07, 6.45) is 16.2. The Hall–Kier alpha value is 0. The third-order valence-corrected chi connectivity index (χ3v) is 5.28. The molecule has 1 aliphatic carbocycles. The Morgan fingerprint density at radius 3 is 1.95 bits per heavy atom. The summed E-state index contributed by atoms with van der Waals surface area (Å²) in [7, 11) is 0. The van der Waals surface area contributed by atoms with Crippen molar-refractivity contribution in [1.82, 2.24) is 0 Å². The molecule has 0 N–H and O–H groups in total. The molecule has 0 aromatic heterocycles. The van der Waals surface area contributed by atoms with Crippen molar-refractivity contribution in [2.45, 2.75) is 98.3 Å². The van der Waals surface area contributed by atoms with Crippen molar-refractivity contribution in [2.75, 3.05) is 0 Å². The smallest absolute Gasteiger partial charge is 0.0352 e. The van der Waals surface area contributed by atoms with E-state index in [1.165, 1.54) is 64.2 Å². The van der Waals surface area contributed by atoms with Gasteiger partial charge in [0.05, 0.1) is 0 Å². The molecule has 0 bridgehead atoms. The fourth-order valence-electron chi connectivity index (χ4n) is 3.94. The van der Waals surface area contributed by atoms with Gasteiger partial charge in [-0.15, -0.1) is 0 Å². The summed E-state index contributed by atoms with van der Waals surface area (Å²) in [5.41, 5.74) is 0. The third-order valence-electron chi connectivity index (χ3n) is 5.28. The second-order valence-electron chi connectivity index (χ2n) is 7.24. The molecule has 0 spiro atoms. The molecule has 1 rings (SSSR count). The number of hydrogen-bond donors (Lipinski definition) is 0. The molecule has 0 heteroatoms. The van der Waals surface area contributed by atoms with Crippen molar-refractivity contribution in [1.29, 1.82) is 0 Å². The van der Waals surface area contributed by atoms with Crippen LogP contribution < -0.4 is 0 Å². The van der Waals surface area contributed by atoms with Crippen molar-refractivity contribution in [3.05, 3.63) is 0 Å². The van der Waals surface area contributed by atoms with Crippen molar-refractivity contribution < 1.29 is 0 Å². The number of unbranched alkanes of at least 4 members (excludes halogenated alkanes) is 7. The first kappa shape index (κ1) is 17.1. The van der Waals surface area contributed by atoms with Crippen LogP contribution in [-0.2, 0) is 0 Å². The van der Waals surface area contributed by atoms with Crippen LogP contribution in [0.1, 0.15) is 98.3 Å². The molecule has 0 aromatic carbocycles. The fourth-order valence-corrected chi connectivity index (χ4v) is 3.94. The molecule has 0 nitrogen and oxygen atoms in total. The lowest BCUT2D eigenvalue weighted by Gasteiger charge is -2.19. The van der Waals surface area contributed by atoms with Crippen molar-refractivity contribution >= 4 is 0 Å². The number of rotatable bonds is 12. The lowest BCUT2D eigenvalue weighted by atomic mass is 9.87. The monoisotopic (exact) mass is 266 g/mol. The van der Waals surface area contributed by atoms with E-state index in [9.17, 15) is 0 Å². The van der Waals surface area contributed by atoms with Gasteiger partial charge in [0.25, 0.3) is 0 Å². The molecule has 0 saturated heterocycles. The van der Waals surface area contributed by atoms with Gasteiger partial charge in [0.1, 0.15) is 0 Å². The molecule has 0 aliphatic heterocycles. The highest BCUT2D eigenvalue weighted by atomic mass is 14.5. The predicted octanol–water partition coefficient (Wildman–Crippen LogP) is 6.84. The second kappa shape index (κ2) is 9.83. The average Bonchev–Trinajstić information content (AvgIpc) is 3.12. The summed E-state index contributed by atoms with van der Waals surface area (Å²) < 4.78 is 0. The Morgan fingerprint density at radius 1 is 0.842 bits per heavy atom. The first-order valence-electron chi connectivity index (χ1n) is 9.20. The zero-order chi connectivity index (χ0) is 14.1. The maximum absolute atomic E-state index is 2.42. The van der Waals surface area contributed by atoms with Gasteiger partial charge >= 0.3 is 0 Å². The second-order valence-corrected chi connectivity index (χ2v) is 7.24. The van der Waals surface area contributed by atoms with Gasteiger partial charge in [-0.3, -0.25) is 0 Å². The van der Waals surface area contributed by atoms with Crippen molar-refractivity contribution in [3.8, 4) is 0 Å². The van der Waals surface area contributed by atoms with Gasteiger partial charge in [0, 0.05) is 0 Å². The average molecular weight is 267 g/mol. The Balaban J connectivity index is 1.92. The van der Waals surface area contributed by atoms with Gasteiger partial charge in [0.15, 0.2) is 0 Å². The molecule has 0 amide bonds. The van der Waals surface area contributed by atoms with E-state index in [0.29, 0.717) is 0 Å². The molecule has 19 heavy (non-hydrogen) atoms. The summed E-state index contributed by atoms with van der Waals surface area (Å²) >= 11 is 0. The zero-order valence-corrected chi connectivity index (χ0v) is 14.1. The highest BCUT2D eigenvalue weighted by Crippen LogP contribution is 2.50. The van der Waals surface area contributed by atoms with E-state index in [1.54, 1.807) is 6.42 Å². The molecule has 0 radical (unpaired) electrons. The molecule has 0 heterocycles. The zero-order valence-electron chi connectivity index (χ0n) is 14.1. The first-order chi connectivity index (χ1) is 9.20. The highest BCUT2D eigenvalue weighted by molar-refractivity contribution is 4.91. The lowest BCUT2D eigenvalue weighted by Crippen LogP contribution is -2.10. The van der Waals surface area contributed by atoms with Gasteiger partial charge in [-0.05, 0) is 30.1 Å². The standard InChI is InChI=1S/C19H38/c1-5-7-8-9-10-11-12-13-14-17-15-19(17)18(6-2)16(3)4/h16-19H,5-15H2,1-4H3. The minimum Gasteiger partial charge on any atom is -0.0654 e. The summed E-state index contributed by atoms with van der Waals surface area (Å²) in [4.78, 5) is 0. The Bertz CT molecular complexity index is 206. The minimum absolute atomic E-state index is 0.901. The minimum atomic E-state index is 0.901. The van der Waals surface area contributed by atoms with E-state index in [2.05, 4.69) is 27.7 Å². The van der Waals surface area contributed by atoms with Crippen LogP contribution in [-0.4, -0.2) is 0 Å². The maximum Gasteiger partial charge on any atom is -0.0352 e. The summed E-state index contributed by atoms with van der Waals surface area (Å²) in [6, 6.07) is 0. The molecule has 3 unspecified atom stereocenters. The largest absolute Gasteiger partial charge is 0.0654 e. The van der Waals surface area contributed by atoms with E-state index in [4.69, 9.17) is 0 Å². The van der Waals surface area contributed by atoms with Crippen molar-refractivity contribution in [2.24, 2.45) is 23.7 Å². The molecule has 1 saturated carbocycles. The lowest BCUT2D eigenvalue weighted by molar-refractivity contribution is 0.310. The van der Waals surface area contributed by atoms with Crippen LogP contribution in [0.4, 0.5) is 0 Å². The molecule has 0 aromatic rings. The SMILES string of the molecule is CCCCCCCCCCC1CC1C(CC)C(C)C. The van der Waals surface area contributed by atoms with Crippen LogP contribution in [0.2, 0.25) is 0 Å². The Labute approximate surface area is 122 Å². The van der Waals surface area contributed by atoms with Gasteiger partial charge in [-0.2, -0.15) is 0 Å². The van der Waals surface area contributed by atoms with Crippen LogP contribution in [0.25, 0.3) is 0 Å². The van der Waals surface area contributed by atoms with E-state index in [0.717, 1.165) is 23.7 Å². The molecule has 1 fully saturated rings. The molecular weight excluding hydrogens is 228 g/mol. The molecular formula is C19H38. The molecule has 3 atom stereocenters. The Morgan fingerprint density at radius 2 is 1.42 bits per heavy atom. The summed E-state index contributed by atoms with van der Waals surface area (Å²) in [6.45, 7) is 9.52. The quantitative estimate of drug-likeness (QED) is 0.339. The fraction of sp³-hybridized carbons (Fsp3) is 1.00. The molecule has 114 valence electrons. The maximum atomic E-state index is 2.42. The highest BCUT2D eigenvalue weighted by Gasteiger charge is 2.41. The van der Waals surface area contributed by atoms with Gasteiger partial charge < -0.3 is 0 Å². The molecule has 1 aliphatic rings. The third kappa shape index (κ3) is 6.82. The Kier molecular flexibility index (Phi) is 8.83.